The van der Waals surface area contributed by atoms with Crippen LogP contribution in [0, 0.1) is 11.7 Å². The lowest BCUT2D eigenvalue weighted by atomic mass is 10.1. The van der Waals surface area contributed by atoms with Gasteiger partial charge in [0.1, 0.15) is 10.8 Å². The molecule has 25 heavy (non-hydrogen) atoms. The number of halogens is 2. The summed E-state index contributed by atoms with van der Waals surface area (Å²) in [5.41, 5.74) is 0.477. The third-order valence-electron chi connectivity index (χ3n) is 3.88. The molecule has 1 aliphatic rings. The Balaban J connectivity index is 1.68. The molecule has 1 N–H and O–H groups in total. The molecule has 3 rings (SSSR count). The lowest BCUT2D eigenvalue weighted by Gasteiger charge is -2.17. The van der Waals surface area contributed by atoms with Gasteiger partial charge < -0.3 is 10.2 Å². The van der Waals surface area contributed by atoms with Crippen molar-refractivity contribution in [3.63, 3.8) is 0 Å². The molecular weight excluding hydrogens is 367 g/mol. The van der Waals surface area contributed by atoms with Gasteiger partial charge in [-0.1, -0.05) is 36.8 Å². The summed E-state index contributed by atoms with van der Waals surface area (Å²) in [4.78, 5) is 26.1. The van der Waals surface area contributed by atoms with E-state index in [0.29, 0.717) is 10.8 Å². The van der Waals surface area contributed by atoms with Crippen LogP contribution in [0.4, 0.5) is 15.2 Å². The number of amides is 2. The first kappa shape index (κ1) is 17.8. The minimum absolute atomic E-state index is 0.0618. The predicted molar refractivity (Wildman–Crippen MR) is 94.5 cm³/mol. The van der Waals surface area contributed by atoms with Gasteiger partial charge in [-0.2, -0.15) is 0 Å². The fourth-order valence-electron chi connectivity index (χ4n) is 2.51. The SMILES string of the molecule is CC(C)c1nnc(NC(=O)[C@@H]2CC(=O)N(c3ccc(F)c(Cl)c3)C2)s1. The van der Waals surface area contributed by atoms with E-state index in [-0.39, 0.29) is 35.7 Å². The lowest BCUT2D eigenvalue weighted by Crippen LogP contribution is -2.28. The summed E-state index contributed by atoms with van der Waals surface area (Å²) in [5.74, 6) is -1.32. The molecule has 1 aromatic heterocycles. The van der Waals surface area contributed by atoms with Crippen LogP contribution < -0.4 is 10.2 Å². The third kappa shape index (κ3) is 3.80. The van der Waals surface area contributed by atoms with Crippen molar-refractivity contribution in [2.75, 3.05) is 16.8 Å². The first-order valence-corrected chi connectivity index (χ1v) is 8.94. The van der Waals surface area contributed by atoms with Crippen molar-refractivity contribution >= 4 is 45.6 Å². The number of nitrogens with one attached hydrogen (secondary N) is 1. The van der Waals surface area contributed by atoms with Gasteiger partial charge in [0.25, 0.3) is 0 Å². The number of nitrogens with zero attached hydrogens (tertiary/aromatic N) is 3. The predicted octanol–water partition coefficient (Wildman–Crippen LogP) is 3.45. The number of carbonyl (C=O) groups is 2. The Morgan fingerprint density at radius 3 is 2.84 bits per heavy atom. The number of benzene rings is 1. The van der Waals surface area contributed by atoms with E-state index in [9.17, 15) is 14.0 Å². The molecule has 1 aromatic carbocycles. The molecule has 1 aliphatic heterocycles. The van der Waals surface area contributed by atoms with E-state index >= 15 is 0 Å². The minimum atomic E-state index is -0.552. The molecule has 0 aliphatic carbocycles. The van der Waals surface area contributed by atoms with Crippen LogP contribution >= 0.6 is 22.9 Å². The summed E-state index contributed by atoms with van der Waals surface area (Å²) < 4.78 is 13.3. The van der Waals surface area contributed by atoms with Gasteiger partial charge in [0.2, 0.25) is 16.9 Å². The highest BCUT2D eigenvalue weighted by Gasteiger charge is 2.35. The number of hydrogen-bond donors (Lipinski definition) is 1. The van der Waals surface area contributed by atoms with E-state index in [0.717, 1.165) is 5.01 Å². The summed E-state index contributed by atoms with van der Waals surface area (Å²) >= 11 is 7.09. The zero-order valence-corrected chi connectivity index (χ0v) is 15.2. The molecule has 1 saturated heterocycles. The van der Waals surface area contributed by atoms with Crippen molar-refractivity contribution in [3.05, 3.63) is 34.0 Å². The van der Waals surface area contributed by atoms with Crippen LogP contribution in [0.2, 0.25) is 5.02 Å². The van der Waals surface area contributed by atoms with Gasteiger partial charge in [-0.3, -0.25) is 9.59 Å². The van der Waals surface area contributed by atoms with Crippen molar-refractivity contribution in [3.8, 4) is 0 Å². The largest absolute Gasteiger partial charge is 0.312 e. The summed E-state index contributed by atoms with van der Waals surface area (Å²) in [6.45, 7) is 4.20. The van der Waals surface area contributed by atoms with Crippen molar-refractivity contribution in [1.29, 1.82) is 0 Å². The summed E-state index contributed by atoms with van der Waals surface area (Å²) in [5, 5.41) is 11.9. The van der Waals surface area contributed by atoms with E-state index in [1.54, 1.807) is 0 Å². The highest BCUT2D eigenvalue weighted by atomic mass is 35.5. The zero-order valence-electron chi connectivity index (χ0n) is 13.6. The molecule has 0 saturated carbocycles. The topological polar surface area (TPSA) is 75.2 Å². The summed E-state index contributed by atoms with van der Waals surface area (Å²) in [6, 6.07) is 4.06. The van der Waals surface area contributed by atoms with Crippen LogP contribution in [0.25, 0.3) is 0 Å². The van der Waals surface area contributed by atoms with Crippen LogP contribution in [0.15, 0.2) is 18.2 Å². The van der Waals surface area contributed by atoms with Gasteiger partial charge in [-0.25, -0.2) is 4.39 Å². The van der Waals surface area contributed by atoms with Gasteiger partial charge in [-0.05, 0) is 18.2 Å². The van der Waals surface area contributed by atoms with Gasteiger partial charge >= 0.3 is 0 Å². The van der Waals surface area contributed by atoms with Gasteiger partial charge in [0.15, 0.2) is 0 Å². The van der Waals surface area contributed by atoms with Crippen LogP contribution in [-0.2, 0) is 9.59 Å². The zero-order chi connectivity index (χ0) is 18.1. The third-order valence-corrected chi connectivity index (χ3v) is 5.30. The van der Waals surface area contributed by atoms with E-state index in [1.165, 1.54) is 34.4 Å². The second-order valence-corrected chi connectivity index (χ2v) is 7.51. The maximum absolute atomic E-state index is 13.3. The van der Waals surface area contributed by atoms with Crippen LogP contribution in [0.3, 0.4) is 0 Å². The van der Waals surface area contributed by atoms with E-state index in [1.807, 2.05) is 13.8 Å². The monoisotopic (exact) mass is 382 g/mol. The Morgan fingerprint density at radius 1 is 1.44 bits per heavy atom. The van der Waals surface area contributed by atoms with Crippen molar-refractivity contribution in [1.82, 2.24) is 10.2 Å². The van der Waals surface area contributed by atoms with Crippen LogP contribution in [-0.4, -0.2) is 28.6 Å². The normalized spacial score (nSPS) is 17.4. The highest BCUT2D eigenvalue weighted by Crippen LogP contribution is 2.29. The molecule has 1 atom stereocenters. The number of aromatic nitrogens is 2. The maximum Gasteiger partial charge on any atom is 0.231 e. The van der Waals surface area contributed by atoms with E-state index in [4.69, 9.17) is 11.6 Å². The Kier molecular flexibility index (Phi) is 5.01. The maximum atomic E-state index is 13.3. The molecular formula is C16H16ClFN4O2S. The quantitative estimate of drug-likeness (QED) is 0.878. The number of anilines is 2. The van der Waals surface area contributed by atoms with Crippen molar-refractivity contribution in [2.45, 2.75) is 26.2 Å². The number of carbonyl (C=O) groups excluding carboxylic acids is 2. The summed E-state index contributed by atoms with van der Waals surface area (Å²) in [7, 11) is 0. The van der Waals surface area contributed by atoms with Gasteiger partial charge in [0.05, 0.1) is 10.9 Å². The molecule has 132 valence electrons. The van der Waals surface area contributed by atoms with Crippen molar-refractivity contribution < 1.29 is 14.0 Å². The molecule has 6 nitrogen and oxygen atoms in total. The molecule has 1 fully saturated rings. The standard InChI is InChI=1S/C16H16ClFN4O2S/c1-8(2)15-20-21-16(25-15)19-14(24)9-5-13(23)22(7-9)10-3-4-12(18)11(17)6-10/h3-4,6,8-9H,5,7H2,1-2H3,(H,19,21,24)/t9-/m1/s1. The molecule has 0 bridgehead atoms. The molecule has 9 heteroatoms. The second kappa shape index (κ2) is 7.05. The van der Waals surface area contributed by atoms with Crippen LogP contribution in [0.1, 0.15) is 31.2 Å². The second-order valence-electron chi connectivity index (χ2n) is 6.09. The molecule has 2 heterocycles. The fraction of sp³-hybridized carbons (Fsp3) is 0.375. The molecule has 0 radical (unpaired) electrons. The van der Waals surface area contributed by atoms with E-state index in [2.05, 4.69) is 15.5 Å². The van der Waals surface area contributed by atoms with Gasteiger partial charge in [-0.15, -0.1) is 10.2 Å². The van der Waals surface area contributed by atoms with E-state index < -0.39 is 11.7 Å². The first-order valence-electron chi connectivity index (χ1n) is 7.75. The number of hydrogen-bond acceptors (Lipinski definition) is 5. The van der Waals surface area contributed by atoms with Gasteiger partial charge in [0, 0.05) is 24.6 Å². The average Bonchev–Trinajstić information content (AvgIpc) is 3.17. The molecule has 2 amide bonds. The molecule has 0 unspecified atom stereocenters. The average molecular weight is 383 g/mol. The molecule has 2 aromatic rings. The first-order chi connectivity index (χ1) is 11.8. The highest BCUT2D eigenvalue weighted by molar-refractivity contribution is 7.15. The molecule has 0 spiro atoms. The Morgan fingerprint density at radius 2 is 2.20 bits per heavy atom. The lowest BCUT2D eigenvalue weighted by molar-refractivity contribution is -0.122. The minimum Gasteiger partial charge on any atom is -0.312 e. The van der Waals surface area contributed by atoms with Crippen LogP contribution in [0.5, 0.6) is 0 Å². The Bertz CT molecular complexity index is 826. The summed E-state index contributed by atoms with van der Waals surface area (Å²) in [6.07, 6.45) is 0.0800. The fourth-order valence-corrected chi connectivity index (χ4v) is 3.44. The Hall–Kier alpha value is -2.06. The van der Waals surface area contributed by atoms with Crippen molar-refractivity contribution in [2.24, 2.45) is 5.92 Å². The smallest absolute Gasteiger partial charge is 0.231 e. The Labute approximate surface area is 153 Å². The number of rotatable bonds is 4.